The van der Waals surface area contributed by atoms with E-state index in [9.17, 15) is 14.4 Å². The van der Waals surface area contributed by atoms with Crippen molar-refractivity contribution in [2.24, 2.45) is 5.41 Å². The Labute approximate surface area is 171 Å². The van der Waals surface area contributed by atoms with E-state index in [4.69, 9.17) is 9.26 Å². The molecule has 5 heterocycles. The van der Waals surface area contributed by atoms with Gasteiger partial charge in [0.25, 0.3) is 0 Å². The third-order valence-corrected chi connectivity index (χ3v) is 5.92. The minimum absolute atomic E-state index is 0.0637. The van der Waals surface area contributed by atoms with E-state index >= 15 is 0 Å². The molecule has 0 radical (unpaired) electrons. The van der Waals surface area contributed by atoms with Gasteiger partial charge in [0.15, 0.2) is 5.41 Å². The molecule has 2 aromatic rings. The number of imide groups is 2. The fraction of sp³-hybridized carbons (Fsp3) is 0.474. The minimum atomic E-state index is -1.53. The smallest absolute Gasteiger partial charge is 0.328 e. The SMILES string of the molecule is Cc1nc(-c2cnc3c(c2)CC2(C(=O)NC(=O)NC2=O)[C@@H]2[C@@H](C)O[C@H](C)CN32)no1. The van der Waals surface area contributed by atoms with Crippen molar-refractivity contribution in [1.82, 2.24) is 25.8 Å². The molecular weight excluding hydrogens is 392 g/mol. The van der Waals surface area contributed by atoms with E-state index in [1.807, 2.05) is 24.8 Å². The molecule has 0 unspecified atom stereocenters. The molecule has 4 amide bonds. The van der Waals surface area contributed by atoms with Crippen LogP contribution in [0.5, 0.6) is 0 Å². The first-order valence-corrected chi connectivity index (χ1v) is 9.68. The molecule has 3 atom stereocenters. The van der Waals surface area contributed by atoms with Crippen LogP contribution in [0.25, 0.3) is 11.4 Å². The number of pyridine rings is 1. The Bertz CT molecular complexity index is 1060. The molecule has 1 spiro atoms. The van der Waals surface area contributed by atoms with Crippen molar-refractivity contribution in [3.05, 3.63) is 23.7 Å². The lowest BCUT2D eigenvalue weighted by molar-refractivity contribution is -0.153. The number of rotatable bonds is 1. The molecule has 5 rings (SSSR count). The van der Waals surface area contributed by atoms with Gasteiger partial charge in [0.05, 0.1) is 18.2 Å². The van der Waals surface area contributed by atoms with Gasteiger partial charge in [-0.25, -0.2) is 9.78 Å². The molecule has 156 valence electrons. The van der Waals surface area contributed by atoms with Crippen LogP contribution >= 0.6 is 0 Å². The zero-order valence-corrected chi connectivity index (χ0v) is 16.6. The number of anilines is 1. The third kappa shape index (κ3) is 2.54. The lowest BCUT2D eigenvalue weighted by Gasteiger charge is -2.54. The van der Waals surface area contributed by atoms with Gasteiger partial charge in [-0.3, -0.25) is 20.2 Å². The Morgan fingerprint density at radius 2 is 1.93 bits per heavy atom. The zero-order chi connectivity index (χ0) is 21.2. The third-order valence-electron chi connectivity index (χ3n) is 5.92. The summed E-state index contributed by atoms with van der Waals surface area (Å²) in [7, 11) is 0. The zero-order valence-electron chi connectivity index (χ0n) is 16.6. The Morgan fingerprint density at radius 1 is 1.20 bits per heavy atom. The van der Waals surface area contributed by atoms with Gasteiger partial charge >= 0.3 is 6.03 Å². The quantitative estimate of drug-likeness (QED) is 0.634. The van der Waals surface area contributed by atoms with E-state index in [1.165, 1.54) is 0 Å². The minimum Gasteiger partial charge on any atom is -0.372 e. The Kier molecular flexibility index (Phi) is 3.94. The predicted molar refractivity (Wildman–Crippen MR) is 101 cm³/mol. The van der Waals surface area contributed by atoms with Crippen LogP contribution in [0.15, 0.2) is 16.8 Å². The number of nitrogens with zero attached hydrogens (tertiary/aromatic N) is 4. The van der Waals surface area contributed by atoms with Gasteiger partial charge in [0.1, 0.15) is 5.82 Å². The van der Waals surface area contributed by atoms with Gasteiger partial charge in [0.2, 0.25) is 23.5 Å². The van der Waals surface area contributed by atoms with Crippen LogP contribution in [0, 0.1) is 12.3 Å². The summed E-state index contributed by atoms with van der Waals surface area (Å²) in [5, 5.41) is 8.45. The van der Waals surface area contributed by atoms with Gasteiger partial charge in [-0.15, -0.1) is 0 Å². The largest absolute Gasteiger partial charge is 0.372 e. The van der Waals surface area contributed by atoms with Gasteiger partial charge in [-0.1, -0.05) is 5.16 Å². The highest BCUT2D eigenvalue weighted by Crippen LogP contribution is 2.46. The summed E-state index contributed by atoms with van der Waals surface area (Å²) in [5.41, 5.74) is -0.234. The van der Waals surface area contributed by atoms with Crippen LogP contribution in [0.1, 0.15) is 25.3 Å². The van der Waals surface area contributed by atoms with Crippen molar-refractivity contribution in [1.29, 1.82) is 0 Å². The number of aryl methyl sites for hydroxylation is 1. The van der Waals surface area contributed by atoms with Crippen LogP contribution in [0.2, 0.25) is 0 Å². The van der Waals surface area contributed by atoms with Gasteiger partial charge in [-0.05, 0) is 25.5 Å². The lowest BCUT2D eigenvalue weighted by Crippen LogP contribution is -2.75. The molecule has 3 aliphatic rings. The molecule has 0 bridgehead atoms. The van der Waals surface area contributed by atoms with Crippen LogP contribution in [-0.4, -0.2) is 57.8 Å². The van der Waals surface area contributed by atoms with E-state index in [-0.39, 0.29) is 12.5 Å². The standard InChI is InChI=1S/C19H20N6O5/c1-8-7-25-13(9(2)29-8)19(16(26)22-18(28)23-17(19)27)5-11-4-12(6-20-15(11)25)14-21-10(3)30-24-14/h4,6,8-9,13H,5,7H2,1-3H3,(H2,22,23,26,27,28)/t8-,9-,13+/m1/s1. The van der Waals surface area contributed by atoms with E-state index < -0.39 is 35.4 Å². The second-order valence-electron chi connectivity index (χ2n) is 7.98. The molecule has 0 aromatic carbocycles. The number of fused-ring (bicyclic) bond motifs is 4. The first-order valence-electron chi connectivity index (χ1n) is 9.68. The van der Waals surface area contributed by atoms with Crippen LogP contribution in [0.4, 0.5) is 10.6 Å². The molecule has 2 saturated heterocycles. The summed E-state index contributed by atoms with van der Waals surface area (Å²) < 4.78 is 11.0. The molecule has 3 aliphatic heterocycles. The van der Waals surface area contributed by atoms with Crippen LogP contribution in [-0.2, 0) is 20.7 Å². The number of morpholine rings is 1. The Morgan fingerprint density at radius 3 is 2.60 bits per heavy atom. The average molecular weight is 412 g/mol. The maximum atomic E-state index is 13.1. The van der Waals surface area contributed by atoms with Gasteiger partial charge < -0.3 is 14.2 Å². The van der Waals surface area contributed by atoms with Gasteiger partial charge in [-0.2, -0.15) is 4.98 Å². The number of hydrogen-bond donors (Lipinski definition) is 2. The molecule has 11 heteroatoms. The topological polar surface area (TPSA) is 140 Å². The van der Waals surface area contributed by atoms with E-state index in [0.29, 0.717) is 35.2 Å². The Hall–Kier alpha value is -3.34. The fourth-order valence-corrected chi connectivity index (χ4v) is 4.84. The summed E-state index contributed by atoms with van der Waals surface area (Å²) in [6.07, 6.45) is 1.15. The highest BCUT2D eigenvalue weighted by atomic mass is 16.5. The number of amides is 4. The monoisotopic (exact) mass is 412 g/mol. The van der Waals surface area contributed by atoms with Crippen molar-refractivity contribution in [3.8, 4) is 11.4 Å². The molecule has 2 N–H and O–H groups in total. The van der Waals surface area contributed by atoms with Crippen molar-refractivity contribution < 1.29 is 23.6 Å². The molecule has 30 heavy (non-hydrogen) atoms. The summed E-state index contributed by atoms with van der Waals surface area (Å²) in [6, 6.07) is 0.381. The molecule has 2 fully saturated rings. The van der Waals surface area contributed by atoms with Gasteiger partial charge in [0, 0.05) is 31.6 Å². The second-order valence-corrected chi connectivity index (χ2v) is 7.98. The van der Waals surface area contributed by atoms with Crippen molar-refractivity contribution in [2.45, 2.75) is 45.4 Å². The van der Waals surface area contributed by atoms with Crippen molar-refractivity contribution >= 4 is 23.7 Å². The number of carbonyl (C=O) groups excluding carboxylic acids is 3. The summed E-state index contributed by atoms with van der Waals surface area (Å²) in [6.45, 7) is 5.89. The van der Waals surface area contributed by atoms with Crippen LogP contribution < -0.4 is 15.5 Å². The number of barbiturate groups is 1. The molecule has 0 aliphatic carbocycles. The molecular formula is C19H20N6O5. The lowest BCUT2D eigenvalue weighted by atomic mass is 9.67. The first-order chi connectivity index (χ1) is 14.3. The Balaban J connectivity index is 1.68. The predicted octanol–water partition coefficient (Wildman–Crippen LogP) is 0.331. The number of carbonyl (C=O) groups is 3. The number of urea groups is 1. The maximum absolute atomic E-state index is 13.1. The van der Waals surface area contributed by atoms with Crippen LogP contribution in [0.3, 0.4) is 0 Å². The highest BCUT2D eigenvalue weighted by Gasteiger charge is 2.63. The summed E-state index contributed by atoms with van der Waals surface area (Å²) in [5.74, 6) is 0.189. The number of ether oxygens (including phenoxy) is 1. The number of nitrogens with one attached hydrogen (secondary N) is 2. The van der Waals surface area contributed by atoms with E-state index in [1.54, 1.807) is 13.1 Å². The number of hydrogen-bond acceptors (Lipinski definition) is 9. The van der Waals surface area contributed by atoms with E-state index in [2.05, 4.69) is 25.8 Å². The highest BCUT2D eigenvalue weighted by molar-refractivity contribution is 6.20. The number of aromatic nitrogens is 3. The van der Waals surface area contributed by atoms with Crippen molar-refractivity contribution in [2.75, 3.05) is 11.4 Å². The summed E-state index contributed by atoms with van der Waals surface area (Å²) >= 11 is 0. The normalized spacial score (nSPS) is 27.4. The maximum Gasteiger partial charge on any atom is 0.328 e. The average Bonchev–Trinajstić information content (AvgIpc) is 3.11. The molecule has 0 saturated carbocycles. The van der Waals surface area contributed by atoms with E-state index in [0.717, 1.165) is 0 Å². The fourth-order valence-electron chi connectivity index (χ4n) is 4.84. The molecule has 11 nitrogen and oxygen atoms in total. The first kappa shape index (κ1) is 18.7. The second kappa shape index (κ2) is 6.33. The van der Waals surface area contributed by atoms with Crippen molar-refractivity contribution in [3.63, 3.8) is 0 Å². The summed E-state index contributed by atoms with van der Waals surface area (Å²) in [4.78, 5) is 48.7. The molecule has 2 aromatic heterocycles.